The van der Waals surface area contributed by atoms with Crippen molar-refractivity contribution in [2.75, 3.05) is 38.2 Å². The van der Waals surface area contributed by atoms with E-state index in [2.05, 4.69) is 20.4 Å². The summed E-state index contributed by atoms with van der Waals surface area (Å²) in [6, 6.07) is 5.01. The van der Waals surface area contributed by atoms with E-state index in [1.807, 2.05) is 0 Å². The van der Waals surface area contributed by atoms with Gasteiger partial charge in [-0.3, -0.25) is 0 Å². The molecule has 166 valence electrons. The summed E-state index contributed by atoms with van der Waals surface area (Å²) in [5, 5.41) is 11.5. The van der Waals surface area contributed by atoms with E-state index in [0.717, 1.165) is 51.8 Å². The normalized spacial score (nSPS) is 28.6. The summed E-state index contributed by atoms with van der Waals surface area (Å²) in [7, 11) is 0. The van der Waals surface area contributed by atoms with Crippen LogP contribution < -0.4 is 5.32 Å². The number of likely N-dealkylation sites (tertiary alicyclic amines) is 1. The lowest BCUT2D eigenvalue weighted by Crippen LogP contribution is -2.33. The smallest absolute Gasteiger partial charge is 0.168 e. The van der Waals surface area contributed by atoms with Gasteiger partial charge in [-0.2, -0.15) is 0 Å². The van der Waals surface area contributed by atoms with Crippen LogP contribution >= 0.6 is 0 Å². The van der Waals surface area contributed by atoms with Crippen molar-refractivity contribution in [2.24, 2.45) is 17.8 Å². The Hall–Kier alpha value is -2.19. The number of benzene rings is 1. The fourth-order valence-electron chi connectivity index (χ4n) is 5.48. The minimum Gasteiger partial charge on any atom is -0.381 e. The molecule has 2 aromatic rings. The molecule has 3 heterocycles. The average Bonchev–Trinajstić information content (AvgIpc) is 3.30. The van der Waals surface area contributed by atoms with Crippen LogP contribution in [-0.2, 0) is 4.74 Å². The maximum absolute atomic E-state index is 14.0. The molecule has 3 fully saturated rings. The highest BCUT2D eigenvalue weighted by Crippen LogP contribution is 2.39. The molecule has 1 N–H and O–H groups in total. The van der Waals surface area contributed by atoms with E-state index >= 15 is 0 Å². The number of hydrogen-bond acceptors (Lipinski definition) is 5. The molecule has 0 amide bonds. The molecule has 0 spiro atoms. The first-order valence-corrected chi connectivity index (χ1v) is 11.1. The van der Waals surface area contributed by atoms with Crippen LogP contribution in [0.4, 0.5) is 19.0 Å². The third kappa shape index (κ3) is 4.55. The van der Waals surface area contributed by atoms with Gasteiger partial charge in [0, 0.05) is 43.9 Å². The number of nitrogens with zero attached hydrogens (tertiary/aromatic N) is 3. The summed E-state index contributed by atoms with van der Waals surface area (Å²) in [5.41, 5.74) is -0.123. The molecular formula is C23H27F3N4O. The van der Waals surface area contributed by atoms with Crippen molar-refractivity contribution < 1.29 is 17.9 Å². The van der Waals surface area contributed by atoms with Crippen LogP contribution in [0.15, 0.2) is 24.3 Å². The Bertz CT molecular complexity index is 906. The van der Waals surface area contributed by atoms with E-state index in [-0.39, 0.29) is 11.3 Å². The van der Waals surface area contributed by atoms with Crippen LogP contribution in [0.3, 0.4) is 0 Å². The maximum Gasteiger partial charge on any atom is 0.168 e. The molecular weight excluding hydrogens is 405 g/mol. The van der Waals surface area contributed by atoms with Gasteiger partial charge in [-0.15, -0.1) is 10.2 Å². The Morgan fingerprint density at radius 1 is 1.06 bits per heavy atom. The predicted octanol–water partition coefficient (Wildman–Crippen LogP) is 4.11. The first-order valence-electron chi connectivity index (χ1n) is 11.1. The Balaban J connectivity index is 1.16. The second-order valence-electron chi connectivity index (χ2n) is 9.19. The standard InChI is InChI=1S/C23H27F3N4O/c24-17-8-19(23(26)20(25)9-17)21-3-4-22(29-28-21)27-18-6-15-11-30(12-16(15)7-18)10-14-2-1-5-31-13-14/h3-4,8-9,14-16,18H,1-2,5-7,10-13H2,(H,27,29)/t14-,15-,16+,18+/m0/s1. The Labute approximate surface area is 180 Å². The highest BCUT2D eigenvalue weighted by molar-refractivity contribution is 5.60. The molecule has 1 aromatic carbocycles. The third-order valence-electron chi connectivity index (χ3n) is 6.88. The molecule has 0 unspecified atom stereocenters. The summed E-state index contributed by atoms with van der Waals surface area (Å²) < 4.78 is 46.5. The Morgan fingerprint density at radius 2 is 1.87 bits per heavy atom. The molecule has 0 radical (unpaired) electrons. The molecule has 3 aliphatic rings. The monoisotopic (exact) mass is 432 g/mol. The van der Waals surface area contributed by atoms with Crippen molar-refractivity contribution in [3.8, 4) is 11.3 Å². The molecule has 1 saturated carbocycles. The van der Waals surface area contributed by atoms with Crippen LogP contribution in [0, 0.1) is 35.2 Å². The van der Waals surface area contributed by atoms with Gasteiger partial charge >= 0.3 is 0 Å². The van der Waals surface area contributed by atoms with Gasteiger partial charge in [-0.1, -0.05) is 0 Å². The van der Waals surface area contributed by atoms with Gasteiger partial charge in [-0.05, 0) is 61.6 Å². The van der Waals surface area contributed by atoms with E-state index in [1.165, 1.54) is 18.9 Å². The Morgan fingerprint density at radius 3 is 2.55 bits per heavy atom. The first kappa shape index (κ1) is 20.7. The van der Waals surface area contributed by atoms with E-state index in [0.29, 0.717) is 35.7 Å². The number of rotatable bonds is 5. The highest BCUT2D eigenvalue weighted by Gasteiger charge is 2.41. The van der Waals surface area contributed by atoms with Crippen molar-refractivity contribution in [2.45, 2.75) is 31.7 Å². The number of anilines is 1. The highest BCUT2D eigenvalue weighted by atomic mass is 19.2. The van der Waals surface area contributed by atoms with Crippen LogP contribution in [0.1, 0.15) is 25.7 Å². The molecule has 2 saturated heterocycles. The van der Waals surface area contributed by atoms with Gasteiger partial charge in [0.05, 0.1) is 12.3 Å². The van der Waals surface area contributed by atoms with Gasteiger partial charge in [0.15, 0.2) is 11.6 Å². The van der Waals surface area contributed by atoms with Gasteiger partial charge in [-0.25, -0.2) is 13.2 Å². The molecule has 31 heavy (non-hydrogen) atoms. The zero-order valence-corrected chi connectivity index (χ0v) is 17.4. The van der Waals surface area contributed by atoms with Crippen LogP contribution in [0.5, 0.6) is 0 Å². The number of fused-ring (bicyclic) bond motifs is 1. The molecule has 4 atom stereocenters. The van der Waals surface area contributed by atoms with Crippen LogP contribution in [-0.4, -0.2) is 54.0 Å². The summed E-state index contributed by atoms with van der Waals surface area (Å²) in [5.74, 6) is -0.544. The molecule has 8 heteroatoms. The van der Waals surface area contributed by atoms with Crippen molar-refractivity contribution in [1.82, 2.24) is 15.1 Å². The zero-order valence-electron chi connectivity index (χ0n) is 17.4. The summed E-state index contributed by atoms with van der Waals surface area (Å²) in [6.07, 6.45) is 4.64. The number of ether oxygens (including phenoxy) is 1. The fraction of sp³-hybridized carbons (Fsp3) is 0.565. The minimum atomic E-state index is -1.23. The van der Waals surface area contributed by atoms with Crippen molar-refractivity contribution >= 4 is 5.82 Å². The zero-order chi connectivity index (χ0) is 21.4. The molecule has 0 bridgehead atoms. The van der Waals surface area contributed by atoms with Gasteiger partial charge in [0.25, 0.3) is 0 Å². The first-order chi connectivity index (χ1) is 15.0. The summed E-state index contributed by atoms with van der Waals surface area (Å²) in [4.78, 5) is 2.60. The molecule has 1 aromatic heterocycles. The Kier molecular flexibility index (Phi) is 5.84. The van der Waals surface area contributed by atoms with Gasteiger partial charge in [0.1, 0.15) is 11.6 Å². The van der Waals surface area contributed by atoms with Crippen LogP contribution in [0.25, 0.3) is 11.3 Å². The fourth-order valence-corrected chi connectivity index (χ4v) is 5.48. The lowest BCUT2D eigenvalue weighted by atomic mass is 10.0. The molecule has 2 aliphatic heterocycles. The number of nitrogens with one attached hydrogen (secondary N) is 1. The van der Waals surface area contributed by atoms with E-state index < -0.39 is 17.5 Å². The molecule has 5 rings (SSSR count). The lowest BCUT2D eigenvalue weighted by molar-refractivity contribution is 0.0407. The maximum atomic E-state index is 14.0. The van der Waals surface area contributed by atoms with E-state index in [1.54, 1.807) is 6.07 Å². The minimum absolute atomic E-state index is 0.104. The topological polar surface area (TPSA) is 50.3 Å². The van der Waals surface area contributed by atoms with Crippen LogP contribution in [0.2, 0.25) is 0 Å². The van der Waals surface area contributed by atoms with Crippen molar-refractivity contribution in [1.29, 1.82) is 0 Å². The molecule has 1 aliphatic carbocycles. The third-order valence-corrected chi connectivity index (χ3v) is 6.88. The predicted molar refractivity (Wildman–Crippen MR) is 111 cm³/mol. The number of aromatic nitrogens is 2. The molecule has 5 nitrogen and oxygen atoms in total. The van der Waals surface area contributed by atoms with Crippen molar-refractivity contribution in [3.63, 3.8) is 0 Å². The van der Waals surface area contributed by atoms with E-state index in [4.69, 9.17) is 4.74 Å². The van der Waals surface area contributed by atoms with Gasteiger partial charge in [0.2, 0.25) is 0 Å². The van der Waals surface area contributed by atoms with Gasteiger partial charge < -0.3 is 15.0 Å². The number of halogens is 3. The van der Waals surface area contributed by atoms with E-state index in [9.17, 15) is 13.2 Å². The second-order valence-corrected chi connectivity index (χ2v) is 9.19. The summed E-state index contributed by atoms with van der Waals surface area (Å²) in [6.45, 7) is 5.25. The largest absolute Gasteiger partial charge is 0.381 e. The lowest BCUT2D eigenvalue weighted by Gasteiger charge is -2.27. The quantitative estimate of drug-likeness (QED) is 0.721. The average molecular weight is 432 g/mol. The summed E-state index contributed by atoms with van der Waals surface area (Å²) >= 11 is 0. The SMILES string of the molecule is Fc1cc(F)c(F)c(-c2ccc(N[C@H]3C[C@@H]4CN(C[C@@H]5CCCOC5)C[C@@H]4C3)nn2)c1. The van der Waals surface area contributed by atoms with Crippen molar-refractivity contribution in [3.05, 3.63) is 41.7 Å². The second kappa shape index (κ2) is 8.74. The number of hydrogen-bond donors (Lipinski definition) is 1.